The molecule has 1 aliphatic carbocycles. The van der Waals surface area contributed by atoms with Crippen LogP contribution >= 0.6 is 0 Å². The van der Waals surface area contributed by atoms with Crippen LogP contribution in [0.2, 0.25) is 0 Å². The summed E-state index contributed by atoms with van der Waals surface area (Å²) >= 11 is 0. The first kappa shape index (κ1) is 23.0. The molecule has 0 saturated heterocycles. The Hall–Kier alpha value is -4.20. The first-order chi connectivity index (χ1) is 16.3. The molecule has 2 N–H and O–H groups in total. The molecule has 3 aromatic rings. The summed E-state index contributed by atoms with van der Waals surface area (Å²) in [4.78, 5) is 41.0. The number of aliphatic carboxylic acids is 1. The molecule has 1 aliphatic rings. The fourth-order valence-corrected chi connectivity index (χ4v) is 4.02. The van der Waals surface area contributed by atoms with E-state index < -0.39 is 18.1 Å². The lowest BCUT2D eigenvalue weighted by atomic mass is 9.98. The number of carbonyl (C=O) groups excluding carboxylic acids is 2. The van der Waals surface area contributed by atoms with E-state index in [2.05, 4.69) is 34.6 Å². The molecule has 2 aromatic carbocycles. The van der Waals surface area contributed by atoms with Gasteiger partial charge in [-0.2, -0.15) is 0 Å². The van der Waals surface area contributed by atoms with Crippen molar-refractivity contribution in [3.8, 4) is 11.1 Å². The highest BCUT2D eigenvalue weighted by atomic mass is 16.5. The van der Waals surface area contributed by atoms with E-state index in [-0.39, 0.29) is 24.9 Å². The van der Waals surface area contributed by atoms with Gasteiger partial charge < -0.3 is 14.7 Å². The standard InChI is InChI=1S/C26H25N3O5/c1-16(25(31)32)29(2)24(30)13-17-11-12-18(14-27-17)28-26(33)34-15-23-21-9-5-3-7-19(21)20-8-4-6-10-22(20)23/h3-12,14,16,23H,13,15H2,1-2H3,(H,28,33)(H,31,32). The topological polar surface area (TPSA) is 109 Å². The van der Waals surface area contributed by atoms with Gasteiger partial charge >= 0.3 is 12.1 Å². The number of nitrogens with zero attached hydrogens (tertiary/aromatic N) is 2. The third kappa shape index (κ3) is 4.76. The number of nitrogens with one attached hydrogen (secondary N) is 1. The molecule has 1 aromatic heterocycles. The molecule has 8 nitrogen and oxygen atoms in total. The van der Waals surface area contributed by atoms with Gasteiger partial charge in [0.15, 0.2) is 0 Å². The second kappa shape index (κ2) is 9.74. The number of ether oxygens (including phenoxy) is 1. The predicted molar refractivity (Wildman–Crippen MR) is 127 cm³/mol. The Labute approximate surface area is 197 Å². The minimum Gasteiger partial charge on any atom is -0.480 e. The van der Waals surface area contributed by atoms with Crippen LogP contribution in [0, 0.1) is 0 Å². The number of fused-ring (bicyclic) bond motifs is 3. The molecule has 1 atom stereocenters. The van der Waals surface area contributed by atoms with Crippen molar-refractivity contribution in [1.29, 1.82) is 0 Å². The van der Waals surface area contributed by atoms with E-state index in [0.29, 0.717) is 11.4 Å². The Kier molecular flexibility index (Phi) is 6.58. The number of rotatable bonds is 7. The lowest BCUT2D eigenvalue weighted by molar-refractivity contribution is -0.148. The lowest BCUT2D eigenvalue weighted by Gasteiger charge is -2.21. The molecule has 0 saturated carbocycles. The smallest absolute Gasteiger partial charge is 0.411 e. The van der Waals surface area contributed by atoms with E-state index in [1.54, 1.807) is 12.1 Å². The number of hydrogen-bond acceptors (Lipinski definition) is 5. The van der Waals surface area contributed by atoms with Gasteiger partial charge in [0.2, 0.25) is 5.91 Å². The fourth-order valence-electron chi connectivity index (χ4n) is 4.02. The van der Waals surface area contributed by atoms with Gasteiger partial charge in [-0.15, -0.1) is 0 Å². The van der Waals surface area contributed by atoms with Crippen LogP contribution in [0.4, 0.5) is 10.5 Å². The predicted octanol–water partition coefficient (Wildman–Crippen LogP) is 3.92. The summed E-state index contributed by atoms with van der Waals surface area (Å²) in [5, 5.41) is 11.7. The molecular formula is C26H25N3O5. The lowest BCUT2D eigenvalue weighted by Crippen LogP contribution is -2.41. The maximum Gasteiger partial charge on any atom is 0.411 e. The normalized spacial score (nSPS) is 12.9. The largest absolute Gasteiger partial charge is 0.480 e. The number of amides is 2. The third-order valence-corrected chi connectivity index (χ3v) is 6.08. The Balaban J connectivity index is 1.34. The van der Waals surface area contributed by atoms with E-state index in [1.165, 1.54) is 20.2 Å². The van der Waals surface area contributed by atoms with Crippen LogP contribution in [0.5, 0.6) is 0 Å². The van der Waals surface area contributed by atoms with E-state index >= 15 is 0 Å². The molecule has 4 rings (SSSR count). The Morgan fingerprint density at radius 1 is 1.03 bits per heavy atom. The molecule has 174 valence electrons. The number of carboxylic acids is 1. The third-order valence-electron chi connectivity index (χ3n) is 6.08. The van der Waals surface area contributed by atoms with Crippen LogP contribution in [-0.4, -0.2) is 52.7 Å². The van der Waals surface area contributed by atoms with Gasteiger partial charge in [-0.25, -0.2) is 9.59 Å². The van der Waals surface area contributed by atoms with Crippen molar-refractivity contribution in [2.24, 2.45) is 0 Å². The Morgan fingerprint density at radius 2 is 1.65 bits per heavy atom. The summed E-state index contributed by atoms with van der Waals surface area (Å²) in [6.45, 7) is 1.64. The number of pyridine rings is 1. The summed E-state index contributed by atoms with van der Waals surface area (Å²) in [5.41, 5.74) is 5.48. The number of carbonyl (C=O) groups is 3. The Bertz CT molecular complexity index is 1180. The molecule has 0 fully saturated rings. The highest BCUT2D eigenvalue weighted by molar-refractivity contribution is 5.86. The molecule has 0 radical (unpaired) electrons. The highest BCUT2D eigenvalue weighted by Gasteiger charge is 2.29. The van der Waals surface area contributed by atoms with Gasteiger partial charge in [0.1, 0.15) is 12.6 Å². The molecule has 0 spiro atoms. The highest BCUT2D eigenvalue weighted by Crippen LogP contribution is 2.44. The van der Waals surface area contributed by atoms with Crippen LogP contribution in [0.3, 0.4) is 0 Å². The summed E-state index contributed by atoms with van der Waals surface area (Å²) in [7, 11) is 1.44. The van der Waals surface area contributed by atoms with Gasteiger partial charge in [-0.3, -0.25) is 15.1 Å². The van der Waals surface area contributed by atoms with E-state index in [9.17, 15) is 14.4 Å². The van der Waals surface area contributed by atoms with Crippen molar-refractivity contribution in [2.45, 2.75) is 25.3 Å². The van der Waals surface area contributed by atoms with Gasteiger partial charge in [0.05, 0.1) is 18.3 Å². The van der Waals surface area contributed by atoms with Crippen LogP contribution in [0.15, 0.2) is 66.9 Å². The fraction of sp³-hybridized carbons (Fsp3) is 0.231. The van der Waals surface area contributed by atoms with Gasteiger partial charge in [-0.1, -0.05) is 48.5 Å². The zero-order valence-electron chi connectivity index (χ0n) is 18.9. The molecule has 8 heteroatoms. The zero-order chi connectivity index (χ0) is 24.2. The van der Waals surface area contributed by atoms with Crippen molar-refractivity contribution in [3.05, 3.63) is 83.7 Å². The maximum absolute atomic E-state index is 12.4. The van der Waals surface area contributed by atoms with Crippen molar-refractivity contribution >= 4 is 23.7 Å². The van der Waals surface area contributed by atoms with Crippen molar-refractivity contribution < 1.29 is 24.2 Å². The minimum atomic E-state index is -1.08. The SMILES string of the molecule is CC(C(=O)O)N(C)C(=O)Cc1ccc(NC(=O)OCC2c3ccccc3-c3ccccc32)cn1. The number of anilines is 1. The number of hydrogen-bond donors (Lipinski definition) is 2. The molecule has 0 aliphatic heterocycles. The quantitative estimate of drug-likeness (QED) is 0.554. The zero-order valence-corrected chi connectivity index (χ0v) is 18.9. The Morgan fingerprint density at radius 3 is 2.21 bits per heavy atom. The second-order valence-electron chi connectivity index (χ2n) is 8.18. The molecule has 0 bridgehead atoms. The number of aromatic nitrogens is 1. The molecule has 1 heterocycles. The number of benzene rings is 2. The average molecular weight is 460 g/mol. The van der Waals surface area contributed by atoms with Crippen LogP contribution in [0.1, 0.15) is 29.7 Å². The second-order valence-corrected chi connectivity index (χ2v) is 8.18. The minimum absolute atomic E-state index is 0.0325. The molecular weight excluding hydrogens is 434 g/mol. The van der Waals surface area contributed by atoms with Crippen LogP contribution in [-0.2, 0) is 20.7 Å². The molecule has 2 amide bonds. The van der Waals surface area contributed by atoms with Crippen molar-refractivity contribution in [3.63, 3.8) is 0 Å². The first-order valence-electron chi connectivity index (χ1n) is 10.9. The molecule has 1 unspecified atom stereocenters. The summed E-state index contributed by atoms with van der Waals surface area (Å²) < 4.78 is 5.52. The summed E-state index contributed by atoms with van der Waals surface area (Å²) in [5.74, 6) is -1.47. The van der Waals surface area contributed by atoms with Gasteiger partial charge in [0.25, 0.3) is 0 Å². The number of carboxylic acid groups (broad SMARTS) is 1. The van der Waals surface area contributed by atoms with Crippen molar-refractivity contribution in [1.82, 2.24) is 9.88 Å². The van der Waals surface area contributed by atoms with E-state index in [0.717, 1.165) is 27.2 Å². The maximum atomic E-state index is 12.4. The number of likely N-dealkylation sites (N-methyl/N-ethyl adjacent to an activating group) is 1. The van der Waals surface area contributed by atoms with Gasteiger partial charge in [-0.05, 0) is 41.3 Å². The van der Waals surface area contributed by atoms with E-state index in [1.807, 2.05) is 24.3 Å². The monoisotopic (exact) mass is 459 g/mol. The van der Waals surface area contributed by atoms with Crippen molar-refractivity contribution in [2.75, 3.05) is 19.0 Å². The first-order valence-corrected chi connectivity index (χ1v) is 10.9. The van der Waals surface area contributed by atoms with Gasteiger partial charge in [0, 0.05) is 18.7 Å². The molecule has 34 heavy (non-hydrogen) atoms. The summed E-state index contributed by atoms with van der Waals surface area (Å²) in [6.07, 6.45) is 0.798. The average Bonchev–Trinajstić information content (AvgIpc) is 3.16. The van der Waals surface area contributed by atoms with E-state index in [4.69, 9.17) is 9.84 Å². The van der Waals surface area contributed by atoms with Crippen LogP contribution < -0.4 is 5.32 Å². The van der Waals surface area contributed by atoms with Crippen LogP contribution in [0.25, 0.3) is 11.1 Å². The summed E-state index contributed by atoms with van der Waals surface area (Å²) in [6, 6.07) is 18.5.